The predicted octanol–water partition coefficient (Wildman–Crippen LogP) is 3.81. The van der Waals surface area contributed by atoms with Crippen LogP contribution in [-0.4, -0.2) is 8.42 Å². The number of allylic oxidation sites excluding steroid dienone is 2. The number of rotatable bonds is 2. The van der Waals surface area contributed by atoms with E-state index < -0.39 is 10.0 Å². The van der Waals surface area contributed by atoms with Gasteiger partial charge < -0.3 is 5.32 Å². The molecule has 124 valence electrons. The van der Waals surface area contributed by atoms with Crippen LogP contribution in [0.25, 0.3) is 0 Å². The van der Waals surface area contributed by atoms with Crippen molar-refractivity contribution in [1.82, 2.24) is 0 Å². The summed E-state index contributed by atoms with van der Waals surface area (Å²) in [7, 11) is -3.71. The maximum Gasteiger partial charge on any atom is 0.238 e. The van der Waals surface area contributed by atoms with E-state index >= 15 is 0 Å². The van der Waals surface area contributed by atoms with E-state index in [0.29, 0.717) is 5.92 Å². The summed E-state index contributed by atoms with van der Waals surface area (Å²) in [6, 6.07) is 13.0. The molecule has 1 aliphatic carbocycles. The first kappa shape index (κ1) is 15.7. The fourth-order valence-corrected chi connectivity index (χ4v) is 4.59. The number of sulfonamides is 1. The number of fused-ring (bicyclic) bond motifs is 3. The van der Waals surface area contributed by atoms with Crippen molar-refractivity contribution in [3.8, 4) is 0 Å². The van der Waals surface area contributed by atoms with Crippen LogP contribution in [0.5, 0.6) is 0 Å². The third kappa shape index (κ3) is 2.53. The minimum atomic E-state index is -3.71. The first-order valence-electron chi connectivity index (χ1n) is 7.79. The van der Waals surface area contributed by atoms with Crippen molar-refractivity contribution < 1.29 is 8.42 Å². The molecule has 1 heterocycles. The molecule has 2 aliphatic rings. The molecule has 3 unspecified atom stereocenters. The quantitative estimate of drug-likeness (QED) is 0.800. The summed E-state index contributed by atoms with van der Waals surface area (Å²) in [5.41, 5.74) is 2.97. The van der Waals surface area contributed by atoms with Crippen LogP contribution >= 0.6 is 11.6 Å². The highest BCUT2D eigenvalue weighted by molar-refractivity contribution is 7.89. The van der Waals surface area contributed by atoms with Crippen LogP contribution in [0.4, 0.5) is 5.69 Å². The van der Waals surface area contributed by atoms with Gasteiger partial charge in [-0.3, -0.25) is 0 Å². The van der Waals surface area contributed by atoms with E-state index in [1.54, 1.807) is 18.2 Å². The Morgan fingerprint density at radius 3 is 2.67 bits per heavy atom. The molecule has 0 saturated carbocycles. The van der Waals surface area contributed by atoms with E-state index in [2.05, 4.69) is 17.5 Å². The number of anilines is 1. The number of hydrogen-bond acceptors (Lipinski definition) is 3. The second-order valence-electron chi connectivity index (χ2n) is 6.29. The zero-order valence-corrected chi connectivity index (χ0v) is 14.4. The third-order valence-electron chi connectivity index (χ3n) is 4.90. The Morgan fingerprint density at radius 2 is 1.92 bits per heavy atom. The van der Waals surface area contributed by atoms with Crippen molar-refractivity contribution in [2.75, 3.05) is 5.32 Å². The van der Waals surface area contributed by atoms with Crippen LogP contribution in [0, 0.1) is 5.92 Å². The van der Waals surface area contributed by atoms with E-state index in [1.807, 2.05) is 24.3 Å². The van der Waals surface area contributed by atoms with Crippen LogP contribution in [-0.2, 0) is 10.0 Å². The monoisotopic (exact) mass is 360 g/mol. The van der Waals surface area contributed by atoms with Crippen molar-refractivity contribution in [1.29, 1.82) is 0 Å². The lowest BCUT2D eigenvalue weighted by atomic mass is 9.77. The van der Waals surface area contributed by atoms with Crippen LogP contribution in [0.3, 0.4) is 0 Å². The first-order valence-corrected chi connectivity index (χ1v) is 9.72. The first-order chi connectivity index (χ1) is 11.4. The average Bonchev–Trinajstić information content (AvgIpc) is 3.03. The molecule has 6 heteroatoms. The molecular formula is C18H17ClN2O2S. The van der Waals surface area contributed by atoms with Gasteiger partial charge >= 0.3 is 0 Å². The normalized spacial score (nSPS) is 25.0. The lowest BCUT2D eigenvalue weighted by Gasteiger charge is -2.38. The minimum absolute atomic E-state index is 0.0894. The number of halogens is 1. The van der Waals surface area contributed by atoms with Gasteiger partial charge in [-0.2, -0.15) is 0 Å². The smallest absolute Gasteiger partial charge is 0.238 e. The molecule has 3 N–H and O–H groups in total. The van der Waals surface area contributed by atoms with Crippen LogP contribution in [0.2, 0.25) is 5.02 Å². The van der Waals surface area contributed by atoms with Gasteiger partial charge in [-0.05, 0) is 47.7 Å². The maximum atomic E-state index is 11.7. The summed E-state index contributed by atoms with van der Waals surface area (Å²) in [5, 5.41) is 9.57. The van der Waals surface area contributed by atoms with Gasteiger partial charge in [0.1, 0.15) is 0 Å². The predicted molar refractivity (Wildman–Crippen MR) is 95.6 cm³/mol. The summed E-state index contributed by atoms with van der Waals surface area (Å²) >= 11 is 6.40. The average molecular weight is 361 g/mol. The van der Waals surface area contributed by atoms with E-state index in [4.69, 9.17) is 16.7 Å². The van der Waals surface area contributed by atoms with Gasteiger partial charge in [-0.25, -0.2) is 13.6 Å². The molecule has 2 aromatic carbocycles. The zero-order chi connectivity index (χ0) is 16.9. The fraction of sp³-hybridized carbons (Fsp3) is 0.222. The summed E-state index contributed by atoms with van der Waals surface area (Å²) in [4.78, 5) is 0.151. The summed E-state index contributed by atoms with van der Waals surface area (Å²) in [6.07, 6.45) is 5.23. The molecule has 0 aromatic heterocycles. The van der Waals surface area contributed by atoms with Gasteiger partial charge in [0.2, 0.25) is 10.0 Å². The highest BCUT2D eigenvalue weighted by atomic mass is 35.5. The molecule has 4 nitrogen and oxygen atoms in total. The van der Waals surface area contributed by atoms with E-state index in [9.17, 15) is 8.42 Å². The SMILES string of the molecule is NS(=O)(=O)c1ccc2c(c1)C1C=CCC1C(c1ccccc1Cl)N2. The van der Waals surface area contributed by atoms with Crippen LogP contribution in [0.1, 0.15) is 29.5 Å². The summed E-state index contributed by atoms with van der Waals surface area (Å²) in [6.45, 7) is 0. The molecule has 4 rings (SSSR count). The van der Waals surface area contributed by atoms with Crippen molar-refractivity contribution in [3.63, 3.8) is 0 Å². The Bertz CT molecular complexity index is 940. The topological polar surface area (TPSA) is 72.2 Å². The second-order valence-corrected chi connectivity index (χ2v) is 8.26. The fourth-order valence-electron chi connectivity index (χ4n) is 3.78. The van der Waals surface area contributed by atoms with E-state index in [1.165, 1.54) is 0 Å². The molecule has 0 bridgehead atoms. The van der Waals surface area contributed by atoms with Gasteiger partial charge in [0, 0.05) is 16.6 Å². The Balaban J connectivity index is 1.82. The van der Waals surface area contributed by atoms with Gasteiger partial charge in [-0.1, -0.05) is 42.0 Å². The third-order valence-corrected chi connectivity index (χ3v) is 6.16. The lowest BCUT2D eigenvalue weighted by Crippen LogP contribution is -2.29. The van der Waals surface area contributed by atoms with Crippen molar-refractivity contribution in [2.45, 2.75) is 23.3 Å². The summed E-state index contributed by atoms with van der Waals surface area (Å²) < 4.78 is 23.3. The molecule has 0 radical (unpaired) electrons. The zero-order valence-electron chi connectivity index (χ0n) is 12.8. The molecule has 0 amide bonds. The van der Waals surface area contributed by atoms with Crippen LogP contribution < -0.4 is 10.5 Å². The van der Waals surface area contributed by atoms with Gasteiger partial charge in [0.05, 0.1) is 10.9 Å². The van der Waals surface area contributed by atoms with E-state index in [-0.39, 0.29) is 16.9 Å². The molecule has 1 aliphatic heterocycles. The highest BCUT2D eigenvalue weighted by Crippen LogP contribution is 2.50. The van der Waals surface area contributed by atoms with Crippen molar-refractivity contribution in [3.05, 3.63) is 70.8 Å². The Labute approximate surface area is 146 Å². The molecule has 3 atom stereocenters. The summed E-state index contributed by atoms with van der Waals surface area (Å²) in [5.74, 6) is 0.456. The highest BCUT2D eigenvalue weighted by Gasteiger charge is 2.38. The minimum Gasteiger partial charge on any atom is -0.378 e. The van der Waals surface area contributed by atoms with Gasteiger partial charge in [0.25, 0.3) is 0 Å². The Kier molecular flexibility index (Phi) is 3.67. The number of nitrogens with one attached hydrogen (secondary N) is 1. The van der Waals surface area contributed by atoms with E-state index in [0.717, 1.165) is 28.3 Å². The van der Waals surface area contributed by atoms with Gasteiger partial charge in [0.15, 0.2) is 0 Å². The molecular weight excluding hydrogens is 344 g/mol. The number of hydrogen-bond donors (Lipinski definition) is 2. The molecule has 0 saturated heterocycles. The largest absolute Gasteiger partial charge is 0.378 e. The molecule has 0 spiro atoms. The molecule has 0 fully saturated rings. The standard InChI is InChI=1S/C18H17ClN2O2S/c19-16-7-2-1-4-14(16)18-13-6-3-5-12(13)15-10-11(24(20,22)23)8-9-17(15)21-18/h1-5,7-10,12-13,18,21H,6H2,(H2,20,22,23). The second kappa shape index (κ2) is 5.62. The Hall–Kier alpha value is -1.82. The number of benzene rings is 2. The number of nitrogens with two attached hydrogens (primary N) is 1. The number of primary sulfonamides is 1. The molecule has 2 aromatic rings. The van der Waals surface area contributed by atoms with Crippen molar-refractivity contribution in [2.24, 2.45) is 11.1 Å². The van der Waals surface area contributed by atoms with Crippen LogP contribution in [0.15, 0.2) is 59.5 Å². The lowest BCUT2D eigenvalue weighted by molar-refractivity contribution is 0.425. The van der Waals surface area contributed by atoms with Crippen molar-refractivity contribution >= 4 is 27.3 Å². The Morgan fingerprint density at radius 1 is 1.12 bits per heavy atom. The molecule has 24 heavy (non-hydrogen) atoms. The van der Waals surface area contributed by atoms with Gasteiger partial charge in [-0.15, -0.1) is 0 Å². The maximum absolute atomic E-state index is 11.7.